The summed E-state index contributed by atoms with van der Waals surface area (Å²) in [4.78, 5) is 0. The zero-order chi connectivity index (χ0) is 22.1. The summed E-state index contributed by atoms with van der Waals surface area (Å²) < 4.78 is 43.6. The Kier molecular flexibility index (Phi) is 9.65. The van der Waals surface area contributed by atoms with Gasteiger partial charge in [-0.3, -0.25) is 0 Å². The Morgan fingerprint density at radius 3 is 2.43 bits per heavy atom. The second-order valence-corrected chi connectivity index (χ2v) is 8.10. The first-order chi connectivity index (χ1) is 14.2. The van der Waals surface area contributed by atoms with Crippen LogP contribution in [0.3, 0.4) is 0 Å². The molecule has 7 heteroatoms. The molecule has 1 aromatic rings. The SMILES string of the molecule is CCC/C=C\CC[C@H]1C(O)CC(O)[C@@H]1CCC(O)COc1cccc(C(F)(F)F)c1. The summed E-state index contributed by atoms with van der Waals surface area (Å²) in [7, 11) is 0. The molecular formula is C23H33F3O4. The summed E-state index contributed by atoms with van der Waals surface area (Å²) in [6.07, 6.45) is 2.69. The van der Waals surface area contributed by atoms with E-state index in [-0.39, 0.29) is 24.2 Å². The molecule has 0 aliphatic heterocycles. The van der Waals surface area contributed by atoms with Crippen LogP contribution in [0.4, 0.5) is 13.2 Å². The zero-order valence-corrected chi connectivity index (χ0v) is 17.4. The average molecular weight is 431 g/mol. The van der Waals surface area contributed by atoms with Crippen LogP contribution in [0, 0.1) is 11.8 Å². The first kappa shape index (κ1) is 24.7. The van der Waals surface area contributed by atoms with Gasteiger partial charge >= 0.3 is 6.18 Å². The molecule has 30 heavy (non-hydrogen) atoms. The summed E-state index contributed by atoms with van der Waals surface area (Å²) in [5.74, 6) is -0.0809. The Hall–Kier alpha value is -1.57. The molecule has 1 aromatic carbocycles. The summed E-state index contributed by atoms with van der Waals surface area (Å²) in [6.45, 7) is 1.98. The van der Waals surface area contributed by atoms with Crippen molar-refractivity contribution in [2.24, 2.45) is 11.8 Å². The number of hydrogen-bond acceptors (Lipinski definition) is 4. The normalized spacial score (nSPS) is 25.7. The number of allylic oxidation sites excluding steroid dienone is 2. The van der Waals surface area contributed by atoms with E-state index in [1.807, 2.05) is 0 Å². The molecule has 0 spiro atoms. The van der Waals surface area contributed by atoms with Crippen LogP contribution in [-0.4, -0.2) is 40.2 Å². The predicted molar refractivity (Wildman–Crippen MR) is 109 cm³/mol. The van der Waals surface area contributed by atoms with E-state index >= 15 is 0 Å². The Labute approximate surface area is 176 Å². The number of unbranched alkanes of at least 4 members (excludes halogenated alkanes) is 1. The number of alkyl halides is 3. The van der Waals surface area contributed by atoms with Crippen LogP contribution in [0.5, 0.6) is 5.75 Å². The van der Waals surface area contributed by atoms with Crippen LogP contribution >= 0.6 is 0 Å². The van der Waals surface area contributed by atoms with Crippen molar-refractivity contribution in [1.29, 1.82) is 0 Å². The van der Waals surface area contributed by atoms with Crippen LogP contribution in [0.1, 0.15) is 57.4 Å². The topological polar surface area (TPSA) is 69.9 Å². The number of ether oxygens (including phenoxy) is 1. The molecule has 1 aliphatic rings. The maximum absolute atomic E-state index is 12.8. The molecule has 1 saturated carbocycles. The van der Waals surface area contributed by atoms with Gasteiger partial charge in [-0.1, -0.05) is 31.6 Å². The van der Waals surface area contributed by atoms with E-state index in [2.05, 4.69) is 19.1 Å². The highest BCUT2D eigenvalue weighted by Gasteiger charge is 2.40. The fraction of sp³-hybridized carbons (Fsp3) is 0.652. The number of halogens is 3. The van der Waals surface area contributed by atoms with Gasteiger partial charge in [-0.15, -0.1) is 0 Å². The molecule has 4 nitrogen and oxygen atoms in total. The van der Waals surface area contributed by atoms with E-state index in [1.165, 1.54) is 12.1 Å². The van der Waals surface area contributed by atoms with Gasteiger partial charge < -0.3 is 20.1 Å². The van der Waals surface area contributed by atoms with E-state index in [0.717, 1.165) is 37.8 Å². The molecule has 0 aromatic heterocycles. The quantitative estimate of drug-likeness (QED) is 0.445. The first-order valence-electron chi connectivity index (χ1n) is 10.7. The molecule has 1 aliphatic carbocycles. The molecule has 3 N–H and O–H groups in total. The minimum absolute atomic E-state index is 0.0251. The molecular weight excluding hydrogens is 397 g/mol. The van der Waals surface area contributed by atoms with Crippen molar-refractivity contribution in [3.05, 3.63) is 42.0 Å². The van der Waals surface area contributed by atoms with Crippen molar-refractivity contribution in [3.8, 4) is 5.75 Å². The van der Waals surface area contributed by atoms with Gasteiger partial charge in [0.05, 0.1) is 23.9 Å². The summed E-state index contributed by atoms with van der Waals surface area (Å²) in [5, 5.41) is 30.8. The number of aliphatic hydroxyl groups is 3. The van der Waals surface area contributed by atoms with Crippen LogP contribution in [0.25, 0.3) is 0 Å². The van der Waals surface area contributed by atoms with Gasteiger partial charge in [0.25, 0.3) is 0 Å². The van der Waals surface area contributed by atoms with Crippen LogP contribution in [0.15, 0.2) is 36.4 Å². The van der Waals surface area contributed by atoms with Gasteiger partial charge in [-0.2, -0.15) is 13.2 Å². The Morgan fingerprint density at radius 2 is 1.77 bits per heavy atom. The van der Waals surface area contributed by atoms with E-state index in [0.29, 0.717) is 19.3 Å². The van der Waals surface area contributed by atoms with E-state index in [4.69, 9.17) is 4.74 Å². The zero-order valence-electron chi connectivity index (χ0n) is 17.4. The highest BCUT2D eigenvalue weighted by Crippen LogP contribution is 2.39. The van der Waals surface area contributed by atoms with Crippen molar-refractivity contribution < 1.29 is 33.2 Å². The Balaban J connectivity index is 1.81. The van der Waals surface area contributed by atoms with Crippen molar-refractivity contribution in [2.45, 2.75) is 76.4 Å². The van der Waals surface area contributed by atoms with Crippen LogP contribution < -0.4 is 4.74 Å². The molecule has 5 atom stereocenters. The molecule has 3 unspecified atom stereocenters. The fourth-order valence-electron chi connectivity index (χ4n) is 4.09. The second-order valence-electron chi connectivity index (χ2n) is 8.10. The molecule has 1 fully saturated rings. The maximum atomic E-state index is 12.8. The standard InChI is InChI=1S/C23H33F3O4/c1-2-3-4-5-6-10-19-20(22(29)14-21(19)28)12-11-17(27)15-30-18-9-7-8-16(13-18)23(24,25)26/h4-5,7-9,13,17,19-22,27-29H,2-3,6,10-12,14-15H2,1H3/b5-4-/t17?,19-,20-,21?,22?/m1/s1. The van der Waals surface area contributed by atoms with Crippen LogP contribution in [0.2, 0.25) is 0 Å². The van der Waals surface area contributed by atoms with Crippen molar-refractivity contribution in [2.75, 3.05) is 6.61 Å². The lowest BCUT2D eigenvalue weighted by molar-refractivity contribution is -0.137. The summed E-state index contributed by atoms with van der Waals surface area (Å²) >= 11 is 0. The van der Waals surface area contributed by atoms with Crippen LogP contribution in [-0.2, 0) is 6.18 Å². The predicted octanol–water partition coefficient (Wildman–Crippen LogP) is 4.72. The summed E-state index contributed by atoms with van der Waals surface area (Å²) in [5.41, 5.74) is -0.798. The van der Waals surface area contributed by atoms with Gasteiger partial charge in [-0.25, -0.2) is 0 Å². The summed E-state index contributed by atoms with van der Waals surface area (Å²) in [6, 6.07) is 4.56. The van der Waals surface area contributed by atoms with E-state index in [1.54, 1.807) is 0 Å². The van der Waals surface area contributed by atoms with Gasteiger partial charge in [-0.05, 0) is 68.6 Å². The highest BCUT2D eigenvalue weighted by atomic mass is 19.4. The highest BCUT2D eigenvalue weighted by molar-refractivity contribution is 5.30. The Bertz CT molecular complexity index is 662. The third kappa shape index (κ3) is 7.60. The van der Waals surface area contributed by atoms with E-state index < -0.39 is 30.1 Å². The maximum Gasteiger partial charge on any atom is 0.416 e. The monoisotopic (exact) mass is 430 g/mol. The third-order valence-corrected chi connectivity index (χ3v) is 5.75. The lowest BCUT2D eigenvalue weighted by Crippen LogP contribution is -2.25. The largest absolute Gasteiger partial charge is 0.491 e. The molecule has 0 bridgehead atoms. The van der Waals surface area contributed by atoms with Crippen molar-refractivity contribution in [1.82, 2.24) is 0 Å². The number of rotatable bonds is 11. The molecule has 0 saturated heterocycles. The smallest absolute Gasteiger partial charge is 0.416 e. The minimum Gasteiger partial charge on any atom is -0.491 e. The number of aliphatic hydroxyl groups excluding tert-OH is 3. The lowest BCUT2D eigenvalue weighted by Gasteiger charge is -2.24. The fourth-order valence-corrected chi connectivity index (χ4v) is 4.09. The minimum atomic E-state index is -4.45. The lowest BCUT2D eigenvalue weighted by atomic mass is 9.85. The van der Waals surface area contributed by atoms with Gasteiger partial charge in [0.2, 0.25) is 0 Å². The average Bonchev–Trinajstić information content (AvgIpc) is 2.96. The molecule has 0 radical (unpaired) electrons. The second kappa shape index (κ2) is 11.7. The first-order valence-corrected chi connectivity index (χ1v) is 10.7. The van der Waals surface area contributed by atoms with E-state index in [9.17, 15) is 28.5 Å². The molecule has 2 rings (SSSR count). The van der Waals surface area contributed by atoms with Gasteiger partial charge in [0.1, 0.15) is 12.4 Å². The molecule has 170 valence electrons. The third-order valence-electron chi connectivity index (χ3n) is 5.75. The Morgan fingerprint density at radius 1 is 1.10 bits per heavy atom. The number of benzene rings is 1. The number of hydrogen-bond donors (Lipinski definition) is 3. The van der Waals surface area contributed by atoms with Gasteiger partial charge in [0.15, 0.2) is 0 Å². The van der Waals surface area contributed by atoms with Crippen molar-refractivity contribution in [3.63, 3.8) is 0 Å². The van der Waals surface area contributed by atoms with Crippen molar-refractivity contribution >= 4 is 0 Å². The molecule has 0 amide bonds. The molecule has 0 heterocycles. The van der Waals surface area contributed by atoms with Gasteiger partial charge in [0, 0.05) is 0 Å².